The summed E-state index contributed by atoms with van der Waals surface area (Å²) in [5.74, 6) is 0.910. The van der Waals surface area contributed by atoms with Crippen molar-refractivity contribution in [2.75, 3.05) is 6.61 Å². The molecule has 0 heterocycles. The summed E-state index contributed by atoms with van der Waals surface area (Å²) in [4.78, 5) is 0. The minimum Gasteiger partial charge on any atom is -0.394 e. The third kappa shape index (κ3) is 3.70. The second kappa shape index (κ2) is 6.72. The van der Waals surface area contributed by atoms with E-state index in [2.05, 4.69) is 18.3 Å². The Labute approximate surface area is 117 Å². The maximum atomic E-state index is 9.84. The lowest BCUT2D eigenvalue weighted by molar-refractivity contribution is 0.0868. The van der Waals surface area contributed by atoms with Crippen LogP contribution in [0.4, 0.5) is 0 Å². The number of hydrogen-bond acceptors (Lipinski definition) is 3. The Bertz CT molecular complexity index is 315. The first-order chi connectivity index (χ1) is 9.19. The van der Waals surface area contributed by atoms with Crippen LogP contribution in [0, 0.1) is 23.2 Å². The number of aliphatic hydroxyl groups excluding tert-OH is 1. The van der Waals surface area contributed by atoms with Crippen LogP contribution in [0.15, 0.2) is 0 Å². The van der Waals surface area contributed by atoms with Gasteiger partial charge in [-0.25, -0.2) is 0 Å². The average Bonchev–Trinajstić information content (AvgIpc) is 2.66. The normalized spacial score (nSPS) is 40.4. The van der Waals surface area contributed by atoms with Crippen molar-refractivity contribution in [2.24, 2.45) is 11.8 Å². The molecule has 0 radical (unpaired) electrons. The summed E-state index contributed by atoms with van der Waals surface area (Å²) >= 11 is 0. The van der Waals surface area contributed by atoms with Crippen molar-refractivity contribution < 1.29 is 5.11 Å². The van der Waals surface area contributed by atoms with Gasteiger partial charge in [0, 0.05) is 11.6 Å². The highest BCUT2D eigenvalue weighted by atomic mass is 16.3. The van der Waals surface area contributed by atoms with Crippen LogP contribution in [0.1, 0.15) is 64.7 Å². The second-order valence-electron chi connectivity index (χ2n) is 6.75. The first-order valence-electron chi connectivity index (χ1n) is 7.97. The van der Waals surface area contributed by atoms with Crippen molar-refractivity contribution in [3.63, 3.8) is 0 Å². The molecular weight excluding hydrogens is 236 g/mol. The predicted octanol–water partition coefficient (Wildman–Crippen LogP) is 2.99. The number of nitrogens with zero attached hydrogens (tertiary/aromatic N) is 1. The molecule has 0 spiro atoms. The molecule has 0 saturated heterocycles. The van der Waals surface area contributed by atoms with Crippen LogP contribution in [0.3, 0.4) is 0 Å². The van der Waals surface area contributed by atoms with Crippen molar-refractivity contribution >= 4 is 0 Å². The molecule has 0 aromatic rings. The highest BCUT2D eigenvalue weighted by Crippen LogP contribution is 2.34. The molecule has 0 aromatic carbocycles. The topological polar surface area (TPSA) is 56.0 Å². The van der Waals surface area contributed by atoms with Crippen LogP contribution in [0.2, 0.25) is 0 Å². The van der Waals surface area contributed by atoms with Gasteiger partial charge in [0.15, 0.2) is 0 Å². The van der Waals surface area contributed by atoms with E-state index in [0.717, 1.165) is 31.6 Å². The third-order valence-electron chi connectivity index (χ3n) is 5.21. The zero-order valence-corrected chi connectivity index (χ0v) is 12.2. The number of rotatable bonds is 3. The molecule has 2 fully saturated rings. The summed E-state index contributed by atoms with van der Waals surface area (Å²) < 4.78 is 0. The minimum atomic E-state index is -0.114. The zero-order valence-electron chi connectivity index (χ0n) is 12.2. The SMILES string of the molecule is CC1CCC(CO)(NC2CCCCCC2C#N)CC1. The summed E-state index contributed by atoms with van der Waals surface area (Å²) in [6, 6.07) is 2.77. The fraction of sp³-hybridized carbons (Fsp3) is 0.938. The summed E-state index contributed by atoms with van der Waals surface area (Å²) in [5, 5.41) is 22.9. The Morgan fingerprint density at radius 3 is 2.47 bits per heavy atom. The highest BCUT2D eigenvalue weighted by Gasteiger charge is 2.37. The monoisotopic (exact) mass is 264 g/mol. The van der Waals surface area contributed by atoms with Gasteiger partial charge in [0.25, 0.3) is 0 Å². The molecule has 2 unspecified atom stereocenters. The molecule has 108 valence electrons. The van der Waals surface area contributed by atoms with Gasteiger partial charge in [-0.05, 0) is 44.4 Å². The second-order valence-corrected chi connectivity index (χ2v) is 6.75. The van der Waals surface area contributed by atoms with Gasteiger partial charge in [0.05, 0.1) is 18.6 Å². The lowest BCUT2D eigenvalue weighted by Crippen LogP contribution is -2.56. The van der Waals surface area contributed by atoms with E-state index in [4.69, 9.17) is 0 Å². The molecule has 0 bridgehead atoms. The molecule has 3 heteroatoms. The highest BCUT2D eigenvalue weighted by molar-refractivity contribution is 5.00. The van der Waals surface area contributed by atoms with Gasteiger partial charge in [-0.3, -0.25) is 0 Å². The van der Waals surface area contributed by atoms with Crippen molar-refractivity contribution in [1.82, 2.24) is 5.32 Å². The van der Waals surface area contributed by atoms with Crippen molar-refractivity contribution in [3.05, 3.63) is 0 Å². The van der Waals surface area contributed by atoms with Crippen LogP contribution >= 0.6 is 0 Å². The van der Waals surface area contributed by atoms with E-state index in [1.165, 1.54) is 32.1 Å². The van der Waals surface area contributed by atoms with Gasteiger partial charge in [-0.15, -0.1) is 0 Å². The van der Waals surface area contributed by atoms with Crippen LogP contribution < -0.4 is 5.32 Å². The van der Waals surface area contributed by atoms with Gasteiger partial charge < -0.3 is 10.4 Å². The molecule has 2 aliphatic rings. The van der Waals surface area contributed by atoms with Crippen LogP contribution in [-0.4, -0.2) is 23.3 Å². The van der Waals surface area contributed by atoms with E-state index in [-0.39, 0.29) is 24.1 Å². The van der Waals surface area contributed by atoms with Crippen LogP contribution in [-0.2, 0) is 0 Å². The molecule has 3 nitrogen and oxygen atoms in total. The van der Waals surface area contributed by atoms with Crippen molar-refractivity contribution in [3.8, 4) is 6.07 Å². The lowest BCUT2D eigenvalue weighted by atomic mass is 9.76. The standard InChI is InChI=1S/C16H28N2O/c1-13-7-9-16(12-19,10-8-13)18-15-6-4-2-3-5-14(15)11-17/h13-15,18-19H,2-10,12H2,1H3. The Morgan fingerprint density at radius 1 is 1.16 bits per heavy atom. The summed E-state index contributed by atoms with van der Waals surface area (Å²) in [7, 11) is 0. The molecule has 2 aliphatic carbocycles. The van der Waals surface area contributed by atoms with Gasteiger partial charge >= 0.3 is 0 Å². The fourth-order valence-electron chi connectivity index (χ4n) is 3.69. The molecular formula is C16H28N2O. The minimum absolute atomic E-state index is 0.114. The fourth-order valence-corrected chi connectivity index (χ4v) is 3.69. The quantitative estimate of drug-likeness (QED) is 0.770. The lowest BCUT2D eigenvalue weighted by Gasteiger charge is -2.42. The van der Waals surface area contributed by atoms with E-state index in [0.29, 0.717) is 0 Å². The van der Waals surface area contributed by atoms with Crippen LogP contribution in [0.25, 0.3) is 0 Å². The molecule has 19 heavy (non-hydrogen) atoms. The molecule has 0 aliphatic heterocycles. The number of nitrogens with one attached hydrogen (secondary N) is 1. The van der Waals surface area contributed by atoms with Gasteiger partial charge in [0.1, 0.15) is 0 Å². The van der Waals surface area contributed by atoms with Crippen molar-refractivity contribution in [2.45, 2.75) is 76.3 Å². The van der Waals surface area contributed by atoms with Gasteiger partial charge in [-0.2, -0.15) is 5.26 Å². The maximum Gasteiger partial charge on any atom is 0.0672 e. The third-order valence-corrected chi connectivity index (χ3v) is 5.21. The average molecular weight is 264 g/mol. The molecule has 2 N–H and O–H groups in total. The number of nitriles is 1. The number of hydrogen-bond donors (Lipinski definition) is 2. The molecule has 2 atom stereocenters. The van der Waals surface area contributed by atoms with E-state index in [1.807, 2.05) is 0 Å². The Kier molecular flexibility index (Phi) is 5.24. The first kappa shape index (κ1) is 14.8. The zero-order chi connectivity index (χ0) is 13.7. The Balaban J connectivity index is 2.01. The van der Waals surface area contributed by atoms with E-state index < -0.39 is 0 Å². The largest absolute Gasteiger partial charge is 0.394 e. The van der Waals surface area contributed by atoms with E-state index in [1.54, 1.807) is 0 Å². The smallest absolute Gasteiger partial charge is 0.0672 e. The van der Waals surface area contributed by atoms with E-state index >= 15 is 0 Å². The Hall–Kier alpha value is -0.590. The summed E-state index contributed by atoms with van der Waals surface area (Å²) in [6.45, 7) is 2.51. The first-order valence-corrected chi connectivity index (χ1v) is 7.97. The van der Waals surface area contributed by atoms with Gasteiger partial charge in [0.2, 0.25) is 0 Å². The van der Waals surface area contributed by atoms with Crippen LogP contribution in [0.5, 0.6) is 0 Å². The van der Waals surface area contributed by atoms with E-state index in [9.17, 15) is 10.4 Å². The molecule has 0 aromatic heterocycles. The van der Waals surface area contributed by atoms with Gasteiger partial charge in [-0.1, -0.05) is 26.2 Å². The molecule has 2 rings (SSSR count). The maximum absolute atomic E-state index is 9.84. The number of aliphatic hydroxyl groups is 1. The predicted molar refractivity (Wildman–Crippen MR) is 76.6 cm³/mol. The molecule has 0 amide bonds. The summed E-state index contributed by atoms with van der Waals surface area (Å²) in [5.41, 5.74) is -0.114. The summed E-state index contributed by atoms with van der Waals surface area (Å²) in [6.07, 6.45) is 10.3. The molecule has 2 saturated carbocycles. The van der Waals surface area contributed by atoms with Crippen molar-refractivity contribution in [1.29, 1.82) is 5.26 Å². The Morgan fingerprint density at radius 2 is 1.84 bits per heavy atom.